The quantitative estimate of drug-likeness (QED) is 0.207. The number of rotatable bonds is 8. The van der Waals surface area contributed by atoms with E-state index < -0.39 is 47.9 Å². The van der Waals surface area contributed by atoms with E-state index in [1.807, 2.05) is 0 Å². The van der Waals surface area contributed by atoms with Gasteiger partial charge in [-0.05, 0) is 75.7 Å². The van der Waals surface area contributed by atoms with Crippen LogP contribution in [0.3, 0.4) is 0 Å². The molecule has 0 unspecified atom stereocenters. The van der Waals surface area contributed by atoms with E-state index in [1.54, 1.807) is 18.3 Å². The second-order valence-electron chi connectivity index (χ2n) is 10.9. The van der Waals surface area contributed by atoms with Crippen molar-refractivity contribution in [2.75, 3.05) is 37.5 Å². The molecular formula is C29H33ClF2N6O6S2. The first-order chi connectivity index (χ1) is 21.6. The maximum atomic E-state index is 15.6. The van der Waals surface area contributed by atoms with E-state index in [4.69, 9.17) is 20.9 Å². The summed E-state index contributed by atoms with van der Waals surface area (Å²) in [7, 11) is -2.61. The number of anilines is 2. The number of methoxy groups -OCH3 is 1. The van der Waals surface area contributed by atoms with Gasteiger partial charge in [0.25, 0.3) is 20.1 Å². The number of halogens is 3. The van der Waals surface area contributed by atoms with Crippen LogP contribution < -0.4 is 14.8 Å². The van der Waals surface area contributed by atoms with E-state index in [2.05, 4.69) is 44.0 Å². The first-order valence-electron chi connectivity index (χ1n) is 13.9. The number of hydrogen-bond donors (Lipinski definition) is 3. The lowest BCUT2D eigenvalue weighted by Gasteiger charge is -2.32. The topological polar surface area (TPSA) is 164 Å². The van der Waals surface area contributed by atoms with Crippen molar-refractivity contribution in [2.24, 2.45) is 0 Å². The van der Waals surface area contributed by atoms with E-state index in [0.29, 0.717) is 29.1 Å². The Hall–Kier alpha value is -3.70. The molecule has 2 aromatic heterocycles. The van der Waals surface area contributed by atoms with E-state index in [-0.39, 0.29) is 22.5 Å². The molecule has 46 heavy (non-hydrogen) atoms. The van der Waals surface area contributed by atoms with Crippen molar-refractivity contribution < 1.29 is 34.9 Å². The van der Waals surface area contributed by atoms with Crippen LogP contribution in [0.1, 0.15) is 25.7 Å². The minimum atomic E-state index is -4.39. The molecule has 2 heterocycles. The van der Waals surface area contributed by atoms with E-state index in [0.717, 1.165) is 43.9 Å². The van der Waals surface area contributed by atoms with Crippen LogP contribution in [0.5, 0.6) is 5.88 Å². The molecule has 17 heteroatoms. The van der Waals surface area contributed by atoms with Gasteiger partial charge in [0, 0.05) is 29.9 Å². The maximum Gasteiger partial charge on any atom is 0.267 e. The number of benzene rings is 2. The average molecular weight is 699 g/mol. The highest BCUT2D eigenvalue weighted by Gasteiger charge is 2.26. The number of sulfonamides is 1. The lowest BCUT2D eigenvalue weighted by molar-refractivity contribution is 0.221. The van der Waals surface area contributed by atoms with Crippen molar-refractivity contribution in [3.05, 3.63) is 65.4 Å². The number of aromatic nitrogens is 3. The summed E-state index contributed by atoms with van der Waals surface area (Å²) in [6.07, 6.45) is 7.75. The van der Waals surface area contributed by atoms with Crippen LogP contribution in [0.15, 0.2) is 53.7 Å². The summed E-state index contributed by atoms with van der Waals surface area (Å²) < 4.78 is 89.7. The van der Waals surface area contributed by atoms with Gasteiger partial charge in [0.05, 0.1) is 35.2 Å². The van der Waals surface area contributed by atoms with Crippen molar-refractivity contribution in [3.8, 4) is 17.0 Å². The second kappa shape index (κ2) is 14.4. The van der Waals surface area contributed by atoms with E-state index >= 15 is 4.39 Å². The summed E-state index contributed by atoms with van der Waals surface area (Å²) in [5.41, 5.74) is -0.0558. The molecule has 0 aliphatic heterocycles. The van der Waals surface area contributed by atoms with E-state index in [1.165, 1.54) is 19.4 Å². The maximum absolute atomic E-state index is 15.6. The highest BCUT2D eigenvalue weighted by Crippen LogP contribution is 2.34. The van der Waals surface area contributed by atoms with Crippen LogP contribution in [0.25, 0.3) is 22.0 Å². The van der Waals surface area contributed by atoms with Crippen molar-refractivity contribution in [1.29, 1.82) is 0 Å². The number of fused-ring (bicyclic) bond motifs is 1. The Bertz CT molecular complexity index is 1930. The van der Waals surface area contributed by atoms with Gasteiger partial charge < -0.3 is 15.0 Å². The normalized spacial score (nSPS) is 16.9. The molecule has 1 aliphatic carbocycles. The lowest BCUT2D eigenvalue weighted by Crippen LogP contribution is -2.36. The van der Waals surface area contributed by atoms with Gasteiger partial charge in [0.15, 0.2) is 10.7 Å². The fraction of sp³-hybridized carbons (Fsp3) is 0.345. The molecule has 0 bridgehead atoms. The third kappa shape index (κ3) is 8.97. The largest absolute Gasteiger partial charge is 0.480 e. The molecule has 248 valence electrons. The monoisotopic (exact) mass is 698 g/mol. The third-order valence-electron chi connectivity index (χ3n) is 7.23. The molecule has 12 nitrogen and oxygen atoms in total. The van der Waals surface area contributed by atoms with Crippen molar-refractivity contribution in [2.45, 2.75) is 42.7 Å². The molecule has 2 aromatic carbocycles. The second-order valence-corrected chi connectivity index (χ2v) is 14.4. The number of hydrogen-bond acceptors (Lipinski definition) is 10. The van der Waals surface area contributed by atoms with Gasteiger partial charge in [-0.2, -0.15) is 8.42 Å². The van der Waals surface area contributed by atoms with Gasteiger partial charge in [-0.1, -0.05) is 17.7 Å². The lowest BCUT2D eigenvalue weighted by atomic mass is 9.91. The zero-order chi connectivity index (χ0) is 33.8. The first-order valence-corrected chi connectivity index (χ1v) is 17.6. The van der Waals surface area contributed by atoms with Gasteiger partial charge in [-0.25, -0.2) is 32.2 Å². The van der Waals surface area contributed by atoms with Crippen molar-refractivity contribution in [1.82, 2.24) is 19.9 Å². The van der Waals surface area contributed by atoms with Gasteiger partial charge in [-0.3, -0.25) is 9.27 Å². The van der Waals surface area contributed by atoms with Crippen LogP contribution in [-0.2, 0) is 20.1 Å². The van der Waals surface area contributed by atoms with Crippen LogP contribution in [0.2, 0.25) is 5.02 Å². The number of nitrogens with one attached hydrogen (secondary N) is 2. The van der Waals surface area contributed by atoms with Crippen LogP contribution in [0.4, 0.5) is 20.4 Å². The molecule has 3 N–H and O–H groups in total. The average Bonchev–Trinajstić information content (AvgIpc) is 2.98. The summed E-state index contributed by atoms with van der Waals surface area (Å²) in [4.78, 5) is 14.7. The molecule has 1 saturated carbocycles. The van der Waals surface area contributed by atoms with Gasteiger partial charge in [0.2, 0.25) is 11.8 Å². The number of nitrogens with zero attached hydrogens (tertiary/aromatic N) is 4. The summed E-state index contributed by atoms with van der Waals surface area (Å²) in [6, 6.07) is 8.72. The zero-order valence-corrected chi connectivity index (χ0v) is 27.7. The number of ether oxygens (including phenoxy) is 1. The SMILES string of the molecule is COc1ncc(Cl)cc1S(=O)(=O)Nc1ccc(F)c(-c2ccc3nc(NC4CCC(N(C)C)CC4)ncc3c2)c1F.CS(=O)(=O)O. The minimum absolute atomic E-state index is 0.0416. The van der Waals surface area contributed by atoms with Gasteiger partial charge in [0.1, 0.15) is 5.82 Å². The predicted octanol–water partition coefficient (Wildman–Crippen LogP) is 5.22. The van der Waals surface area contributed by atoms with Crippen molar-refractivity contribution in [3.63, 3.8) is 0 Å². The fourth-order valence-corrected chi connectivity index (χ4v) is 6.45. The van der Waals surface area contributed by atoms with Crippen LogP contribution >= 0.6 is 11.6 Å². The Morgan fingerprint density at radius 1 is 1.00 bits per heavy atom. The molecular weight excluding hydrogens is 666 g/mol. The van der Waals surface area contributed by atoms with Crippen molar-refractivity contribution >= 4 is 54.3 Å². The highest BCUT2D eigenvalue weighted by molar-refractivity contribution is 7.92. The molecule has 0 radical (unpaired) electrons. The zero-order valence-electron chi connectivity index (χ0n) is 25.3. The van der Waals surface area contributed by atoms with Crippen LogP contribution in [0, 0.1) is 11.6 Å². The Balaban J connectivity index is 0.000000892. The fourth-order valence-electron chi connectivity index (χ4n) is 5.03. The standard InChI is InChI=1S/C28H29ClF2N6O3S.CH4O3S/c1-37(2)20-7-5-19(6-8-20)34-28-33-14-17-12-16(4-10-22(17)35-28)25-21(30)9-11-23(26(25)31)36-41(38,39)24-13-18(29)15-32-27(24)40-3;1-5(2,3)4/h4,9-15,19-20,36H,5-8H2,1-3H3,(H,33,34,35);1H3,(H,2,3,4). The van der Waals surface area contributed by atoms with Gasteiger partial charge >= 0.3 is 0 Å². The molecule has 0 atom stereocenters. The molecule has 1 fully saturated rings. The Labute approximate surface area is 271 Å². The first kappa shape index (κ1) is 35.2. The summed E-state index contributed by atoms with van der Waals surface area (Å²) in [6.45, 7) is 0. The Kier molecular flexibility index (Phi) is 11.0. The summed E-state index contributed by atoms with van der Waals surface area (Å²) >= 11 is 5.91. The third-order valence-corrected chi connectivity index (χ3v) is 8.80. The molecule has 1 aliphatic rings. The van der Waals surface area contributed by atoms with E-state index in [9.17, 15) is 21.2 Å². The summed E-state index contributed by atoms with van der Waals surface area (Å²) in [5.74, 6) is -1.68. The Morgan fingerprint density at radius 2 is 1.67 bits per heavy atom. The summed E-state index contributed by atoms with van der Waals surface area (Å²) in [5, 5.41) is 4.02. The molecule has 0 amide bonds. The minimum Gasteiger partial charge on any atom is -0.480 e. The smallest absolute Gasteiger partial charge is 0.267 e. The predicted molar refractivity (Wildman–Crippen MR) is 172 cm³/mol. The number of pyridine rings is 1. The molecule has 4 aromatic rings. The molecule has 0 spiro atoms. The Morgan fingerprint density at radius 3 is 2.30 bits per heavy atom. The van der Waals surface area contributed by atoms with Crippen LogP contribution in [-0.4, -0.2) is 80.8 Å². The van der Waals surface area contributed by atoms with Gasteiger partial charge in [-0.15, -0.1) is 0 Å². The highest BCUT2D eigenvalue weighted by atomic mass is 35.5. The molecule has 5 rings (SSSR count). The molecule has 0 saturated heterocycles.